The summed E-state index contributed by atoms with van der Waals surface area (Å²) in [6.07, 6.45) is 1.98. The number of ketones is 1. The van der Waals surface area contributed by atoms with Crippen LogP contribution in [0.25, 0.3) is 0 Å². The van der Waals surface area contributed by atoms with E-state index in [1.54, 1.807) is 19.1 Å². The van der Waals surface area contributed by atoms with Gasteiger partial charge in [-0.25, -0.2) is 0 Å². The predicted octanol–water partition coefficient (Wildman–Crippen LogP) is 4.58. The highest BCUT2D eigenvalue weighted by atomic mass is 35.5. The molecule has 144 valence electrons. The van der Waals surface area contributed by atoms with Gasteiger partial charge in [0.1, 0.15) is 5.78 Å². The highest BCUT2D eigenvalue weighted by molar-refractivity contribution is 7.86. The molecular formula is C21H23ClO4S. The molecule has 0 amide bonds. The third kappa shape index (κ3) is 4.60. The fraction of sp³-hybridized carbons (Fsp3) is 0.381. The largest absolute Gasteiger partial charge is 0.299 e. The van der Waals surface area contributed by atoms with Gasteiger partial charge in [0.2, 0.25) is 0 Å². The van der Waals surface area contributed by atoms with Crippen LogP contribution in [0.1, 0.15) is 30.9 Å². The minimum atomic E-state index is -3.87. The van der Waals surface area contributed by atoms with Gasteiger partial charge in [-0.1, -0.05) is 48.4 Å². The third-order valence-electron chi connectivity index (χ3n) is 5.25. The molecule has 6 heteroatoms. The van der Waals surface area contributed by atoms with Gasteiger partial charge in [0.15, 0.2) is 0 Å². The fourth-order valence-corrected chi connectivity index (χ4v) is 4.61. The minimum Gasteiger partial charge on any atom is -0.299 e. The summed E-state index contributed by atoms with van der Waals surface area (Å²) in [6.45, 7) is 3.55. The summed E-state index contributed by atoms with van der Waals surface area (Å²) in [5, 5.41) is 0.663. The van der Waals surface area contributed by atoms with Gasteiger partial charge < -0.3 is 0 Å². The van der Waals surface area contributed by atoms with Crippen LogP contribution < -0.4 is 0 Å². The molecule has 0 heterocycles. The second-order valence-corrected chi connectivity index (χ2v) is 9.57. The van der Waals surface area contributed by atoms with Gasteiger partial charge in [-0.3, -0.25) is 8.98 Å². The van der Waals surface area contributed by atoms with Crippen LogP contribution in [0.5, 0.6) is 0 Å². The van der Waals surface area contributed by atoms with Crippen molar-refractivity contribution in [2.45, 2.75) is 38.0 Å². The molecule has 0 N–H and O–H groups in total. The van der Waals surface area contributed by atoms with Gasteiger partial charge in [-0.15, -0.1) is 0 Å². The molecule has 0 aromatic heterocycles. The van der Waals surface area contributed by atoms with Crippen LogP contribution in [-0.2, 0) is 25.5 Å². The van der Waals surface area contributed by atoms with Crippen LogP contribution in [0.15, 0.2) is 53.4 Å². The van der Waals surface area contributed by atoms with E-state index in [-0.39, 0.29) is 23.2 Å². The van der Waals surface area contributed by atoms with E-state index in [4.69, 9.17) is 15.8 Å². The van der Waals surface area contributed by atoms with E-state index in [1.807, 2.05) is 31.2 Å². The lowest BCUT2D eigenvalue weighted by Crippen LogP contribution is -2.32. The third-order valence-corrected chi connectivity index (χ3v) is 6.78. The number of carbonyl (C=O) groups is 1. The quantitative estimate of drug-likeness (QED) is 0.658. The van der Waals surface area contributed by atoms with Crippen molar-refractivity contribution in [1.29, 1.82) is 0 Å². The number of halogens is 1. The van der Waals surface area contributed by atoms with Crippen molar-refractivity contribution >= 4 is 27.5 Å². The predicted molar refractivity (Wildman–Crippen MR) is 105 cm³/mol. The van der Waals surface area contributed by atoms with Crippen LogP contribution >= 0.6 is 11.6 Å². The molecule has 2 aromatic carbocycles. The topological polar surface area (TPSA) is 60.4 Å². The van der Waals surface area contributed by atoms with E-state index in [2.05, 4.69) is 0 Å². The maximum absolute atomic E-state index is 12.9. The molecule has 27 heavy (non-hydrogen) atoms. The molecule has 0 aliphatic heterocycles. The van der Waals surface area contributed by atoms with Crippen molar-refractivity contribution in [3.63, 3.8) is 0 Å². The van der Waals surface area contributed by atoms with E-state index in [0.29, 0.717) is 17.9 Å². The van der Waals surface area contributed by atoms with Gasteiger partial charge in [0, 0.05) is 10.9 Å². The first kappa shape index (κ1) is 20.1. The van der Waals surface area contributed by atoms with Crippen LogP contribution in [0, 0.1) is 18.3 Å². The van der Waals surface area contributed by atoms with Crippen LogP contribution in [-0.4, -0.2) is 20.8 Å². The fourth-order valence-electron chi connectivity index (χ4n) is 3.46. The number of Topliss-reactive ketones (excluding diaryl/α,β-unsaturated/α-hetero) is 1. The summed E-state index contributed by atoms with van der Waals surface area (Å²) in [5.74, 6) is -0.0570. The number of hydrogen-bond acceptors (Lipinski definition) is 4. The Balaban J connectivity index is 1.65. The van der Waals surface area contributed by atoms with Crippen molar-refractivity contribution < 1.29 is 17.4 Å². The second-order valence-electron chi connectivity index (χ2n) is 7.52. The average molecular weight is 407 g/mol. The lowest BCUT2D eigenvalue weighted by molar-refractivity contribution is -0.129. The smallest absolute Gasteiger partial charge is 0.297 e. The normalized spacial score (nSPS) is 22.9. The maximum atomic E-state index is 12.9. The first-order valence-electron chi connectivity index (χ1n) is 8.94. The lowest BCUT2D eigenvalue weighted by Gasteiger charge is -2.22. The van der Waals surface area contributed by atoms with Gasteiger partial charge in [0.25, 0.3) is 10.1 Å². The van der Waals surface area contributed by atoms with E-state index in [1.165, 1.54) is 12.1 Å². The van der Waals surface area contributed by atoms with Crippen molar-refractivity contribution in [2.75, 3.05) is 6.61 Å². The number of aryl methyl sites for hydroxylation is 1. The number of hydrogen-bond donors (Lipinski definition) is 0. The molecule has 0 spiro atoms. The number of rotatable bonds is 6. The first-order valence-corrected chi connectivity index (χ1v) is 10.7. The van der Waals surface area contributed by atoms with E-state index >= 15 is 0 Å². The van der Waals surface area contributed by atoms with Gasteiger partial charge in [-0.2, -0.15) is 8.42 Å². The second kappa shape index (κ2) is 7.74. The summed E-state index contributed by atoms with van der Waals surface area (Å²) < 4.78 is 30.1. The number of carbonyl (C=O) groups excluding carboxylic acids is 1. The molecule has 3 rings (SSSR count). The van der Waals surface area contributed by atoms with E-state index < -0.39 is 15.5 Å². The molecule has 1 aliphatic rings. The van der Waals surface area contributed by atoms with E-state index in [9.17, 15) is 13.2 Å². The highest BCUT2D eigenvalue weighted by Gasteiger charge is 2.45. The Hall–Kier alpha value is -1.69. The van der Waals surface area contributed by atoms with Crippen molar-refractivity contribution in [3.05, 3.63) is 64.7 Å². The summed E-state index contributed by atoms with van der Waals surface area (Å²) in [6, 6.07) is 14.0. The molecule has 0 bridgehead atoms. The summed E-state index contributed by atoms with van der Waals surface area (Å²) in [4.78, 5) is 13.0. The zero-order valence-electron chi connectivity index (χ0n) is 15.4. The van der Waals surface area contributed by atoms with Crippen LogP contribution in [0.2, 0.25) is 5.02 Å². The SMILES string of the molecule is Cc1ccc(S(=O)(=O)OCC2(C)CCC(Cc3ccc(Cl)cc3)C2=O)cc1. The maximum Gasteiger partial charge on any atom is 0.297 e. The van der Waals surface area contributed by atoms with Crippen molar-refractivity contribution in [3.8, 4) is 0 Å². The van der Waals surface area contributed by atoms with Gasteiger partial charge in [0.05, 0.1) is 16.9 Å². The first-order chi connectivity index (χ1) is 12.7. The standard InChI is InChI=1S/C21H23ClO4S/c1-15-3-9-19(10-4-15)27(24,25)26-14-21(2)12-11-17(20(21)23)13-16-5-7-18(22)8-6-16/h3-10,17H,11-14H2,1-2H3. The molecule has 1 aliphatic carbocycles. The Labute approximate surface area is 165 Å². The lowest BCUT2D eigenvalue weighted by atomic mass is 9.86. The molecule has 1 fully saturated rings. The van der Waals surface area contributed by atoms with Gasteiger partial charge in [-0.05, 0) is 56.0 Å². The van der Waals surface area contributed by atoms with Crippen LogP contribution in [0.4, 0.5) is 0 Å². The highest BCUT2D eigenvalue weighted by Crippen LogP contribution is 2.40. The number of benzene rings is 2. The van der Waals surface area contributed by atoms with Crippen molar-refractivity contribution in [2.24, 2.45) is 11.3 Å². The summed E-state index contributed by atoms with van der Waals surface area (Å²) in [7, 11) is -3.87. The zero-order valence-corrected chi connectivity index (χ0v) is 17.0. The average Bonchev–Trinajstić information content (AvgIpc) is 2.91. The molecule has 4 nitrogen and oxygen atoms in total. The Morgan fingerprint density at radius 1 is 1.11 bits per heavy atom. The minimum absolute atomic E-state index is 0.0663. The Bertz CT molecular complexity index is 920. The monoisotopic (exact) mass is 406 g/mol. The zero-order chi connectivity index (χ0) is 19.7. The molecule has 2 unspecified atom stereocenters. The summed E-state index contributed by atoms with van der Waals surface area (Å²) in [5.41, 5.74) is 1.24. The van der Waals surface area contributed by atoms with E-state index in [0.717, 1.165) is 17.5 Å². The van der Waals surface area contributed by atoms with Crippen LogP contribution in [0.3, 0.4) is 0 Å². The molecule has 1 saturated carbocycles. The Kier molecular flexibility index (Phi) is 5.75. The molecular weight excluding hydrogens is 384 g/mol. The molecule has 0 radical (unpaired) electrons. The Morgan fingerprint density at radius 3 is 2.37 bits per heavy atom. The molecule has 2 atom stereocenters. The van der Waals surface area contributed by atoms with Crippen molar-refractivity contribution in [1.82, 2.24) is 0 Å². The molecule has 2 aromatic rings. The van der Waals surface area contributed by atoms with Gasteiger partial charge >= 0.3 is 0 Å². The molecule has 0 saturated heterocycles. The summed E-state index contributed by atoms with van der Waals surface area (Å²) >= 11 is 5.91. The Morgan fingerprint density at radius 2 is 1.74 bits per heavy atom.